The van der Waals surface area contributed by atoms with E-state index in [1.54, 1.807) is 7.11 Å². The van der Waals surface area contributed by atoms with Crippen LogP contribution in [0.4, 0.5) is 5.69 Å². The van der Waals surface area contributed by atoms with Crippen LogP contribution in [0.5, 0.6) is 17.2 Å². The van der Waals surface area contributed by atoms with Crippen LogP contribution in [0.3, 0.4) is 0 Å². The quantitative estimate of drug-likeness (QED) is 0.721. The third kappa shape index (κ3) is 5.09. The SMILES string of the molecule is CCCN(CC(=O)Nc1ccccc1OC)Cc1cc(Cl)c2c(c1)OCCO2. The molecule has 0 aromatic heterocycles. The van der Waals surface area contributed by atoms with Crippen molar-refractivity contribution >= 4 is 23.2 Å². The minimum atomic E-state index is -0.0957. The van der Waals surface area contributed by atoms with Crippen LogP contribution in [-0.2, 0) is 11.3 Å². The lowest BCUT2D eigenvalue weighted by Gasteiger charge is -2.24. The second-order valence-electron chi connectivity index (χ2n) is 6.56. The second kappa shape index (κ2) is 9.66. The zero-order chi connectivity index (χ0) is 19.9. The molecule has 1 N–H and O–H groups in total. The molecule has 0 atom stereocenters. The highest BCUT2D eigenvalue weighted by atomic mass is 35.5. The molecule has 2 aromatic carbocycles. The standard InChI is InChI=1S/C21H25ClN2O4/c1-3-8-24(14-20(25)23-17-6-4-5-7-18(17)26-2)13-15-11-16(22)21-19(12-15)27-9-10-28-21/h4-7,11-12H,3,8-10,13-14H2,1-2H3,(H,23,25). The first kappa shape index (κ1) is 20.3. The van der Waals surface area contributed by atoms with Crippen LogP contribution in [0.1, 0.15) is 18.9 Å². The summed E-state index contributed by atoms with van der Waals surface area (Å²) < 4.78 is 16.5. The number of para-hydroxylation sites is 2. The van der Waals surface area contributed by atoms with Gasteiger partial charge in [-0.1, -0.05) is 30.7 Å². The lowest BCUT2D eigenvalue weighted by Crippen LogP contribution is -2.33. The smallest absolute Gasteiger partial charge is 0.238 e. The molecule has 1 heterocycles. The molecular formula is C21H25ClN2O4. The molecule has 0 unspecified atom stereocenters. The number of methoxy groups -OCH3 is 1. The van der Waals surface area contributed by atoms with Crippen molar-refractivity contribution in [1.82, 2.24) is 4.90 Å². The number of amides is 1. The van der Waals surface area contributed by atoms with Gasteiger partial charge in [-0.15, -0.1) is 0 Å². The van der Waals surface area contributed by atoms with Crippen LogP contribution < -0.4 is 19.5 Å². The van der Waals surface area contributed by atoms with Crippen molar-refractivity contribution in [3.8, 4) is 17.2 Å². The van der Waals surface area contributed by atoms with Gasteiger partial charge in [-0.3, -0.25) is 9.69 Å². The molecule has 1 aliphatic rings. The molecule has 1 aliphatic heterocycles. The highest BCUT2D eigenvalue weighted by Crippen LogP contribution is 2.38. The van der Waals surface area contributed by atoms with Gasteiger partial charge in [0.2, 0.25) is 5.91 Å². The van der Waals surface area contributed by atoms with Crippen LogP contribution in [-0.4, -0.2) is 44.2 Å². The second-order valence-corrected chi connectivity index (χ2v) is 6.97. The van der Waals surface area contributed by atoms with Gasteiger partial charge in [0.1, 0.15) is 19.0 Å². The maximum atomic E-state index is 12.6. The number of benzene rings is 2. The Morgan fingerprint density at radius 3 is 2.82 bits per heavy atom. The largest absolute Gasteiger partial charge is 0.495 e. The Morgan fingerprint density at radius 1 is 1.25 bits per heavy atom. The van der Waals surface area contributed by atoms with Gasteiger partial charge in [-0.25, -0.2) is 0 Å². The van der Waals surface area contributed by atoms with E-state index in [4.69, 9.17) is 25.8 Å². The summed E-state index contributed by atoms with van der Waals surface area (Å²) in [6.45, 7) is 4.72. The van der Waals surface area contributed by atoms with Crippen LogP contribution in [0.2, 0.25) is 5.02 Å². The molecule has 7 heteroatoms. The van der Waals surface area contributed by atoms with Crippen LogP contribution in [0, 0.1) is 0 Å². The van der Waals surface area contributed by atoms with E-state index in [2.05, 4.69) is 17.1 Å². The highest BCUT2D eigenvalue weighted by Gasteiger charge is 2.19. The molecule has 28 heavy (non-hydrogen) atoms. The molecule has 0 fully saturated rings. The van der Waals surface area contributed by atoms with Crippen molar-refractivity contribution in [3.05, 3.63) is 47.0 Å². The van der Waals surface area contributed by atoms with Crippen molar-refractivity contribution < 1.29 is 19.0 Å². The lowest BCUT2D eigenvalue weighted by atomic mass is 10.1. The van der Waals surface area contributed by atoms with E-state index in [0.29, 0.717) is 47.7 Å². The summed E-state index contributed by atoms with van der Waals surface area (Å²) in [5, 5.41) is 3.45. The van der Waals surface area contributed by atoms with Gasteiger partial charge in [0.05, 0.1) is 24.4 Å². The molecule has 0 aliphatic carbocycles. The molecule has 0 saturated heterocycles. The maximum absolute atomic E-state index is 12.6. The Labute approximate surface area is 170 Å². The fourth-order valence-corrected chi connectivity index (χ4v) is 3.47. The summed E-state index contributed by atoms with van der Waals surface area (Å²) in [4.78, 5) is 14.7. The molecule has 0 radical (unpaired) electrons. The Balaban J connectivity index is 1.68. The van der Waals surface area contributed by atoms with Gasteiger partial charge in [0.25, 0.3) is 0 Å². The van der Waals surface area contributed by atoms with E-state index >= 15 is 0 Å². The number of nitrogens with one attached hydrogen (secondary N) is 1. The molecule has 3 rings (SSSR count). The normalized spacial score (nSPS) is 12.7. The Morgan fingerprint density at radius 2 is 2.04 bits per heavy atom. The van der Waals surface area contributed by atoms with Gasteiger partial charge in [0, 0.05) is 6.54 Å². The van der Waals surface area contributed by atoms with Crippen molar-refractivity contribution in [2.24, 2.45) is 0 Å². The summed E-state index contributed by atoms with van der Waals surface area (Å²) in [6, 6.07) is 11.2. The first-order valence-electron chi connectivity index (χ1n) is 9.34. The molecule has 6 nitrogen and oxygen atoms in total. The number of fused-ring (bicyclic) bond motifs is 1. The highest BCUT2D eigenvalue weighted by molar-refractivity contribution is 6.32. The van der Waals surface area contributed by atoms with Gasteiger partial charge in [-0.05, 0) is 42.8 Å². The monoisotopic (exact) mass is 404 g/mol. The third-order valence-corrected chi connectivity index (χ3v) is 4.63. The summed E-state index contributed by atoms with van der Waals surface area (Å²) >= 11 is 6.34. The molecule has 2 aromatic rings. The third-order valence-electron chi connectivity index (χ3n) is 4.35. The van der Waals surface area contributed by atoms with E-state index in [0.717, 1.165) is 18.5 Å². The summed E-state index contributed by atoms with van der Waals surface area (Å²) in [7, 11) is 1.58. The van der Waals surface area contributed by atoms with E-state index < -0.39 is 0 Å². The molecule has 0 bridgehead atoms. The average Bonchev–Trinajstić information content (AvgIpc) is 2.68. The van der Waals surface area contributed by atoms with E-state index in [1.165, 1.54) is 0 Å². The van der Waals surface area contributed by atoms with E-state index in [9.17, 15) is 4.79 Å². The topological polar surface area (TPSA) is 60.0 Å². The van der Waals surface area contributed by atoms with E-state index in [1.807, 2.05) is 36.4 Å². The van der Waals surface area contributed by atoms with Crippen LogP contribution >= 0.6 is 11.6 Å². The predicted molar refractivity (Wildman–Crippen MR) is 110 cm³/mol. The fourth-order valence-electron chi connectivity index (χ4n) is 3.18. The summed E-state index contributed by atoms with van der Waals surface area (Å²) in [5.41, 5.74) is 1.64. The van der Waals surface area contributed by atoms with Gasteiger partial charge in [0.15, 0.2) is 11.5 Å². The number of carbonyl (C=O) groups excluding carboxylic acids is 1. The Bertz CT molecular complexity index is 828. The van der Waals surface area contributed by atoms with Crippen molar-refractivity contribution in [2.75, 3.05) is 38.7 Å². The molecular weight excluding hydrogens is 380 g/mol. The number of hydrogen-bond donors (Lipinski definition) is 1. The van der Waals surface area contributed by atoms with Crippen molar-refractivity contribution in [1.29, 1.82) is 0 Å². The number of rotatable bonds is 8. The number of anilines is 1. The first-order valence-corrected chi connectivity index (χ1v) is 9.71. The zero-order valence-corrected chi connectivity index (χ0v) is 16.9. The van der Waals surface area contributed by atoms with Crippen LogP contribution in [0.25, 0.3) is 0 Å². The number of carbonyl (C=O) groups is 1. The zero-order valence-electron chi connectivity index (χ0n) is 16.2. The first-order chi connectivity index (χ1) is 13.6. The molecule has 1 amide bonds. The number of ether oxygens (including phenoxy) is 3. The number of halogens is 1. The van der Waals surface area contributed by atoms with Crippen molar-refractivity contribution in [3.63, 3.8) is 0 Å². The Hall–Kier alpha value is -2.44. The number of hydrogen-bond acceptors (Lipinski definition) is 5. The Kier molecular flexibility index (Phi) is 7.01. The molecule has 150 valence electrons. The molecule has 0 saturated carbocycles. The minimum Gasteiger partial charge on any atom is -0.495 e. The lowest BCUT2D eigenvalue weighted by molar-refractivity contribution is -0.117. The molecule has 0 spiro atoms. The minimum absolute atomic E-state index is 0.0957. The summed E-state index contributed by atoms with van der Waals surface area (Å²) in [5.74, 6) is 1.79. The fraction of sp³-hybridized carbons (Fsp3) is 0.381. The van der Waals surface area contributed by atoms with Crippen LogP contribution in [0.15, 0.2) is 36.4 Å². The van der Waals surface area contributed by atoms with E-state index in [-0.39, 0.29) is 12.5 Å². The predicted octanol–water partition coefficient (Wildman–Crippen LogP) is 3.97. The average molecular weight is 405 g/mol. The summed E-state index contributed by atoms with van der Waals surface area (Å²) in [6.07, 6.45) is 0.931. The van der Waals surface area contributed by atoms with Gasteiger partial charge in [-0.2, -0.15) is 0 Å². The van der Waals surface area contributed by atoms with Crippen molar-refractivity contribution in [2.45, 2.75) is 19.9 Å². The number of nitrogens with zero attached hydrogens (tertiary/aromatic N) is 1. The van der Waals surface area contributed by atoms with Gasteiger partial charge >= 0.3 is 0 Å². The van der Waals surface area contributed by atoms with Gasteiger partial charge < -0.3 is 19.5 Å². The maximum Gasteiger partial charge on any atom is 0.238 e.